The first-order chi connectivity index (χ1) is 10.2. The third-order valence-electron chi connectivity index (χ3n) is 3.20. The summed E-state index contributed by atoms with van der Waals surface area (Å²) in [6.45, 7) is 12.4. The average molecular weight is 285 g/mol. The van der Waals surface area contributed by atoms with Crippen LogP contribution >= 0.6 is 0 Å². The third-order valence-corrected chi connectivity index (χ3v) is 3.20. The van der Waals surface area contributed by atoms with Crippen molar-refractivity contribution in [3.63, 3.8) is 0 Å². The van der Waals surface area contributed by atoms with Gasteiger partial charge in [0.15, 0.2) is 0 Å². The summed E-state index contributed by atoms with van der Waals surface area (Å²) >= 11 is 0. The highest BCUT2D eigenvalue weighted by Crippen LogP contribution is 2.11. The van der Waals surface area contributed by atoms with Gasteiger partial charge in [0.1, 0.15) is 0 Å². The second-order valence-corrected chi connectivity index (χ2v) is 5.34. The van der Waals surface area contributed by atoms with Crippen molar-refractivity contribution >= 4 is 5.71 Å². The van der Waals surface area contributed by atoms with Crippen LogP contribution in [0.2, 0.25) is 0 Å². The molecule has 114 valence electrons. The Hall–Kier alpha value is -1.67. The van der Waals surface area contributed by atoms with Gasteiger partial charge in [-0.2, -0.15) is 0 Å². The molecule has 0 heterocycles. The highest BCUT2D eigenvalue weighted by molar-refractivity contribution is 6.14. The number of benzene rings is 1. The molecule has 0 bridgehead atoms. The number of hydrogen-bond acceptors (Lipinski definition) is 2. The van der Waals surface area contributed by atoms with Crippen LogP contribution in [0.15, 0.2) is 59.6 Å². The molecule has 0 saturated heterocycles. The summed E-state index contributed by atoms with van der Waals surface area (Å²) in [4.78, 5) is 4.70. The molecule has 0 aliphatic carbocycles. The molecule has 0 aromatic heterocycles. The van der Waals surface area contributed by atoms with Crippen molar-refractivity contribution < 1.29 is 4.74 Å². The maximum atomic E-state index is 5.63. The largest absolute Gasteiger partial charge is 0.380 e. The van der Waals surface area contributed by atoms with Crippen molar-refractivity contribution in [2.24, 2.45) is 10.9 Å². The predicted octanol–water partition coefficient (Wildman–Crippen LogP) is 4.67. The minimum absolute atomic E-state index is 0.664. The molecule has 2 heteroatoms. The van der Waals surface area contributed by atoms with Crippen LogP contribution in [-0.4, -0.2) is 25.5 Å². The standard InChI is InChI=1S/C19H27NO/c1-5-17(6-2)19(18-10-8-7-9-11-18)20-13-15-21-14-12-16(3)4/h5-11,16H,1,12-15H2,2-4H3/b17-6+,20-19?. The fourth-order valence-electron chi connectivity index (χ4n) is 1.94. The van der Waals surface area contributed by atoms with Crippen molar-refractivity contribution in [2.75, 3.05) is 19.8 Å². The molecule has 0 unspecified atom stereocenters. The van der Waals surface area contributed by atoms with Gasteiger partial charge in [0.25, 0.3) is 0 Å². The Morgan fingerprint density at radius 1 is 1.24 bits per heavy atom. The Morgan fingerprint density at radius 3 is 2.52 bits per heavy atom. The normalized spacial score (nSPS) is 12.8. The van der Waals surface area contributed by atoms with Gasteiger partial charge in [-0.1, -0.05) is 62.9 Å². The molecule has 2 nitrogen and oxygen atoms in total. The van der Waals surface area contributed by atoms with E-state index in [0.29, 0.717) is 19.1 Å². The molecule has 1 rings (SSSR count). The molecular formula is C19H27NO. The summed E-state index contributed by atoms with van der Waals surface area (Å²) < 4.78 is 5.63. The molecule has 0 aliphatic heterocycles. The Kier molecular flexibility index (Phi) is 8.37. The van der Waals surface area contributed by atoms with Crippen LogP contribution in [0, 0.1) is 5.92 Å². The van der Waals surface area contributed by atoms with Gasteiger partial charge in [-0.15, -0.1) is 0 Å². The summed E-state index contributed by atoms with van der Waals surface area (Å²) in [6.07, 6.45) is 4.99. The highest BCUT2D eigenvalue weighted by atomic mass is 16.5. The molecule has 0 aliphatic rings. The van der Waals surface area contributed by atoms with E-state index in [-0.39, 0.29) is 0 Å². The minimum atomic E-state index is 0.664. The van der Waals surface area contributed by atoms with Gasteiger partial charge in [0.05, 0.1) is 18.9 Å². The van der Waals surface area contributed by atoms with Crippen molar-refractivity contribution in [1.82, 2.24) is 0 Å². The number of aliphatic imine (C=N–C) groups is 1. The van der Waals surface area contributed by atoms with Crippen molar-refractivity contribution in [3.05, 3.63) is 60.2 Å². The Morgan fingerprint density at radius 2 is 1.95 bits per heavy atom. The second-order valence-electron chi connectivity index (χ2n) is 5.34. The average Bonchev–Trinajstić information content (AvgIpc) is 2.50. The summed E-state index contributed by atoms with van der Waals surface area (Å²) in [5.74, 6) is 0.684. The van der Waals surface area contributed by atoms with E-state index < -0.39 is 0 Å². The zero-order valence-electron chi connectivity index (χ0n) is 13.5. The molecule has 0 atom stereocenters. The molecule has 21 heavy (non-hydrogen) atoms. The SMILES string of the molecule is C=C/C(=C\C)C(=NCCOCCC(C)C)c1ccccc1. The van der Waals surface area contributed by atoms with Gasteiger partial charge in [-0.05, 0) is 24.8 Å². The molecule has 1 aromatic carbocycles. The van der Waals surface area contributed by atoms with Crippen LogP contribution in [0.25, 0.3) is 0 Å². The molecule has 0 N–H and O–H groups in total. The van der Waals surface area contributed by atoms with Gasteiger partial charge in [-0.25, -0.2) is 0 Å². The molecule has 0 fully saturated rings. The number of hydrogen-bond donors (Lipinski definition) is 0. The number of rotatable bonds is 9. The van der Waals surface area contributed by atoms with E-state index in [1.807, 2.05) is 37.3 Å². The van der Waals surface area contributed by atoms with E-state index in [1.165, 1.54) is 0 Å². The first kappa shape index (κ1) is 17.4. The molecule has 0 saturated carbocycles. The lowest BCUT2D eigenvalue weighted by atomic mass is 10.0. The Bertz CT molecular complexity index is 472. The smallest absolute Gasteiger partial charge is 0.0716 e. The third kappa shape index (κ3) is 6.54. The van der Waals surface area contributed by atoms with Crippen molar-refractivity contribution in [3.8, 4) is 0 Å². The topological polar surface area (TPSA) is 21.6 Å². The van der Waals surface area contributed by atoms with Crippen LogP contribution in [0.4, 0.5) is 0 Å². The van der Waals surface area contributed by atoms with E-state index in [9.17, 15) is 0 Å². The van der Waals surface area contributed by atoms with Crippen LogP contribution in [-0.2, 0) is 4.74 Å². The fraction of sp³-hybridized carbons (Fsp3) is 0.421. The number of ether oxygens (including phenoxy) is 1. The Labute approximate surface area is 129 Å². The van der Waals surface area contributed by atoms with E-state index >= 15 is 0 Å². The molecule has 0 amide bonds. The van der Waals surface area contributed by atoms with Crippen molar-refractivity contribution in [1.29, 1.82) is 0 Å². The van der Waals surface area contributed by atoms with E-state index in [2.05, 4.69) is 32.6 Å². The quantitative estimate of drug-likeness (QED) is 0.367. The summed E-state index contributed by atoms with van der Waals surface area (Å²) in [5.41, 5.74) is 3.16. The zero-order valence-corrected chi connectivity index (χ0v) is 13.5. The van der Waals surface area contributed by atoms with Crippen LogP contribution < -0.4 is 0 Å². The minimum Gasteiger partial charge on any atom is -0.380 e. The first-order valence-electron chi connectivity index (χ1n) is 7.65. The molecule has 0 spiro atoms. The summed E-state index contributed by atoms with van der Waals surface area (Å²) in [7, 11) is 0. The molecule has 1 aromatic rings. The summed E-state index contributed by atoms with van der Waals surface area (Å²) in [5, 5.41) is 0. The maximum Gasteiger partial charge on any atom is 0.0716 e. The van der Waals surface area contributed by atoms with E-state index in [1.54, 1.807) is 0 Å². The van der Waals surface area contributed by atoms with Crippen LogP contribution in [0.5, 0.6) is 0 Å². The predicted molar refractivity (Wildman–Crippen MR) is 92.1 cm³/mol. The molecule has 0 radical (unpaired) electrons. The first-order valence-corrected chi connectivity index (χ1v) is 7.65. The van der Waals surface area contributed by atoms with Gasteiger partial charge in [-0.3, -0.25) is 4.99 Å². The summed E-state index contributed by atoms with van der Waals surface area (Å²) in [6, 6.07) is 10.2. The second kappa shape index (κ2) is 10.1. The highest BCUT2D eigenvalue weighted by Gasteiger charge is 2.05. The molecular weight excluding hydrogens is 258 g/mol. The number of nitrogens with zero attached hydrogens (tertiary/aromatic N) is 1. The van der Waals surface area contributed by atoms with Gasteiger partial charge in [0.2, 0.25) is 0 Å². The lowest BCUT2D eigenvalue weighted by Gasteiger charge is -2.09. The van der Waals surface area contributed by atoms with E-state index in [4.69, 9.17) is 9.73 Å². The van der Waals surface area contributed by atoms with Gasteiger partial charge >= 0.3 is 0 Å². The zero-order chi connectivity index (χ0) is 15.5. The number of allylic oxidation sites excluding steroid dienone is 3. The maximum absolute atomic E-state index is 5.63. The van der Waals surface area contributed by atoms with Crippen molar-refractivity contribution in [2.45, 2.75) is 27.2 Å². The van der Waals surface area contributed by atoms with E-state index in [0.717, 1.165) is 29.9 Å². The van der Waals surface area contributed by atoms with Crippen LogP contribution in [0.1, 0.15) is 32.8 Å². The lowest BCUT2D eigenvalue weighted by molar-refractivity contribution is 0.131. The lowest BCUT2D eigenvalue weighted by Crippen LogP contribution is -2.08. The monoisotopic (exact) mass is 285 g/mol. The Balaban J connectivity index is 2.65. The van der Waals surface area contributed by atoms with Gasteiger partial charge in [0, 0.05) is 12.2 Å². The van der Waals surface area contributed by atoms with Gasteiger partial charge < -0.3 is 4.74 Å². The van der Waals surface area contributed by atoms with Crippen LogP contribution in [0.3, 0.4) is 0 Å². The fourth-order valence-corrected chi connectivity index (χ4v) is 1.94.